The normalized spacial score (nSPS) is 10.3. The first-order valence-electron chi connectivity index (χ1n) is 6.39. The Hall–Kier alpha value is -1.20. The lowest BCUT2D eigenvalue weighted by atomic mass is 10.2. The van der Waals surface area contributed by atoms with Gasteiger partial charge in [-0.05, 0) is 36.4 Å². The lowest BCUT2D eigenvalue weighted by Crippen LogP contribution is -2.25. The number of thioether (sulfide) groups is 1. The van der Waals surface area contributed by atoms with Crippen molar-refractivity contribution in [1.82, 2.24) is 5.32 Å². The van der Waals surface area contributed by atoms with Gasteiger partial charge in [0.1, 0.15) is 0 Å². The van der Waals surface area contributed by atoms with Crippen LogP contribution in [-0.4, -0.2) is 49.8 Å². The second-order valence-electron chi connectivity index (χ2n) is 4.39. The van der Waals surface area contributed by atoms with Crippen molar-refractivity contribution in [3.05, 3.63) is 29.8 Å². The minimum Gasteiger partial charge on any atom is -0.396 e. The number of aliphatic hydroxyl groups is 1. The number of rotatable bonds is 8. The molecular formula is C14H22N2O2S. The first-order valence-corrected chi connectivity index (χ1v) is 7.55. The summed E-state index contributed by atoms with van der Waals surface area (Å²) >= 11 is 1.74. The van der Waals surface area contributed by atoms with Crippen LogP contribution in [0.5, 0.6) is 0 Å². The zero-order valence-electron chi connectivity index (χ0n) is 11.6. The van der Waals surface area contributed by atoms with Crippen molar-refractivity contribution >= 4 is 23.4 Å². The summed E-state index contributed by atoms with van der Waals surface area (Å²) in [5.74, 6) is 1.78. The highest BCUT2D eigenvalue weighted by Gasteiger charge is 2.04. The molecule has 1 amide bonds. The molecule has 2 N–H and O–H groups in total. The van der Waals surface area contributed by atoms with Crippen LogP contribution in [0.4, 0.5) is 5.69 Å². The van der Waals surface area contributed by atoms with E-state index in [1.54, 1.807) is 11.8 Å². The molecule has 0 aliphatic carbocycles. The van der Waals surface area contributed by atoms with Crippen LogP contribution >= 0.6 is 11.8 Å². The summed E-state index contributed by atoms with van der Waals surface area (Å²) in [4.78, 5) is 13.8. The highest BCUT2D eigenvalue weighted by molar-refractivity contribution is 7.99. The summed E-state index contributed by atoms with van der Waals surface area (Å²) in [6.45, 7) is 0.891. The van der Waals surface area contributed by atoms with Crippen LogP contribution in [-0.2, 0) is 0 Å². The van der Waals surface area contributed by atoms with E-state index in [1.165, 1.54) is 0 Å². The maximum absolute atomic E-state index is 11.8. The van der Waals surface area contributed by atoms with Gasteiger partial charge in [0, 0.05) is 44.3 Å². The van der Waals surface area contributed by atoms with Crippen LogP contribution in [0.25, 0.3) is 0 Å². The molecule has 0 heterocycles. The van der Waals surface area contributed by atoms with Crippen LogP contribution in [0, 0.1) is 0 Å². The quantitative estimate of drug-likeness (QED) is 0.711. The molecule has 0 unspecified atom stereocenters. The van der Waals surface area contributed by atoms with Crippen molar-refractivity contribution in [2.24, 2.45) is 0 Å². The fraction of sp³-hybridized carbons (Fsp3) is 0.500. The molecule has 0 atom stereocenters. The van der Waals surface area contributed by atoms with Crippen molar-refractivity contribution in [3.63, 3.8) is 0 Å². The number of carbonyl (C=O) groups excluding carboxylic acids is 1. The Morgan fingerprint density at radius 2 is 1.95 bits per heavy atom. The summed E-state index contributed by atoms with van der Waals surface area (Å²) in [5, 5.41) is 11.5. The Labute approximate surface area is 119 Å². The second-order valence-corrected chi connectivity index (χ2v) is 5.61. The summed E-state index contributed by atoms with van der Waals surface area (Å²) in [6, 6.07) is 7.54. The Balaban J connectivity index is 2.29. The van der Waals surface area contributed by atoms with E-state index in [0.717, 1.165) is 23.6 Å². The lowest BCUT2D eigenvalue weighted by Gasteiger charge is -2.12. The molecule has 0 saturated carbocycles. The fourth-order valence-corrected chi connectivity index (χ4v) is 2.30. The molecule has 0 aliphatic rings. The van der Waals surface area contributed by atoms with Crippen molar-refractivity contribution in [3.8, 4) is 0 Å². The fourth-order valence-electron chi connectivity index (χ4n) is 1.52. The summed E-state index contributed by atoms with van der Waals surface area (Å²) in [5.41, 5.74) is 1.77. The molecule has 1 rings (SSSR count). The van der Waals surface area contributed by atoms with Gasteiger partial charge in [-0.15, -0.1) is 0 Å². The van der Waals surface area contributed by atoms with Gasteiger partial charge in [0.2, 0.25) is 0 Å². The number of hydrogen-bond donors (Lipinski definition) is 2. The van der Waals surface area contributed by atoms with Gasteiger partial charge in [0.25, 0.3) is 5.91 Å². The molecule has 0 saturated heterocycles. The minimum absolute atomic E-state index is 0.0342. The van der Waals surface area contributed by atoms with Gasteiger partial charge in [0.05, 0.1) is 0 Å². The molecular weight excluding hydrogens is 260 g/mol. The van der Waals surface area contributed by atoms with E-state index in [1.807, 2.05) is 43.3 Å². The van der Waals surface area contributed by atoms with Crippen LogP contribution in [0.3, 0.4) is 0 Å². The third-order valence-corrected chi connectivity index (χ3v) is 3.69. The topological polar surface area (TPSA) is 52.6 Å². The number of nitrogens with zero attached hydrogens (tertiary/aromatic N) is 1. The van der Waals surface area contributed by atoms with E-state index >= 15 is 0 Å². The van der Waals surface area contributed by atoms with E-state index in [0.29, 0.717) is 12.1 Å². The maximum atomic E-state index is 11.8. The van der Waals surface area contributed by atoms with Gasteiger partial charge in [-0.25, -0.2) is 0 Å². The van der Waals surface area contributed by atoms with Crippen molar-refractivity contribution < 1.29 is 9.90 Å². The van der Waals surface area contributed by atoms with Crippen molar-refractivity contribution in [2.75, 3.05) is 43.7 Å². The van der Waals surface area contributed by atoms with E-state index in [9.17, 15) is 4.79 Å². The monoisotopic (exact) mass is 282 g/mol. The largest absolute Gasteiger partial charge is 0.396 e. The van der Waals surface area contributed by atoms with Gasteiger partial charge in [-0.2, -0.15) is 11.8 Å². The highest BCUT2D eigenvalue weighted by Crippen LogP contribution is 2.12. The van der Waals surface area contributed by atoms with Crippen LogP contribution < -0.4 is 10.2 Å². The number of nitrogens with one attached hydrogen (secondary N) is 1. The number of carbonyl (C=O) groups is 1. The Morgan fingerprint density at radius 1 is 1.26 bits per heavy atom. The Bertz CT molecular complexity index is 380. The smallest absolute Gasteiger partial charge is 0.251 e. The summed E-state index contributed by atoms with van der Waals surface area (Å²) in [6.07, 6.45) is 0.810. The third kappa shape index (κ3) is 5.98. The van der Waals surface area contributed by atoms with E-state index in [2.05, 4.69) is 5.32 Å². The third-order valence-electron chi connectivity index (χ3n) is 2.62. The summed E-state index contributed by atoms with van der Waals surface area (Å²) in [7, 11) is 3.94. The van der Waals surface area contributed by atoms with E-state index in [-0.39, 0.29) is 12.5 Å². The van der Waals surface area contributed by atoms with Crippen LogP contribution in [0.15, 0.2) is 24.3 Å². The first kappa shape index (κ1) is 15.9. The zero-order valence-corrected chi connectivity index (χ0v) is 12.4. The average Bonchev–Trinajstić information content (AvgIpc) is 2.42. The average molecular weight is 282 g/mol. The predicted molar refractivity (Wildman–Crippen MR) is 82.1 cm³/mol. The Morgan fingerprint density at radius 3 is 2.53 bits per heavy atom. The predicted octanol–water partition coefficient (Wildman–Crippen LogP) is 1.60. The number of hydrogen-bond acceptors (Lipinski definition) is 4. The molecule has 4 nitrogen and oxygen atoms in total. The highest BCUT2D eigenvalue weighted by atomic mass is 32.2. The van der Waals surface area contributed by atoms with Gasteiger partial charge in [-0.1, -0.05) is 0 Å². The van der Waals surface area contributed by atoms with Gasteiger partial charge < -0.3 is 15.3 Å². The standard InChI is InChI=1S/C14H22N2O2S/c1-16(2)13-6-4-12(5-7-13)14(18)15-8-11-19-10-3-9-17/h4-7,17H,3,8-11H2,1-2H3,(H,15,18). The number of anilines is 1. The molecule has 1 aromatic carbocycles. The SMILES string of the molecule is CN(C)c1ccc(C(=O)NCCSCCCO)cc1. The molecule has 106 valence electrons. The Kier molecular flexibility index (Phi) is 7.36. The molecule has 0 bridgehead atoms. The van der Waals surface area contributed by atoms with E-state index < -0.39 is 0 Å². The molecule has 0 aromatic heterocycles. The van der Waals surface area contributed by atoms with Gasteiger partial charge in [-0.3, -0.25) is 4.79 Å². The van der Waals surface area contributed by atoms with Crippen LogP contribution in [0.2, 0.25) is 0 Å². The molecule has 0 spiro atoms. The number of aliphatic hydroxyl groups excluding tert-OH is 1. The second kappa shape index (κ2) is 8.82. The van der Waals surface area contributed by atoms with Crippen LogP contribution in [0.1, 0.15) is 16.8 Å². The molecule has 5 heteroatoms. The van der Waals surface area contributed by atoms with E-state index in [4.69, 9.17) is 5.11 Å². The molecule has 0 fully saturated rings. The zero-order chi connectivity index (χ0) is 14.1. The molecule has 0 radical (unpaired) electrons. The van der Waals surface area contributed by atoms with Crippen molar-refractivity contribution in [1.29, 1.82) is 0 Å². The molecule has 0 aliphatic heterocycles. The van der Waals surface area contributed by atoms with Crippen molar-refractivity contribution in [2.45, 2.75) is 6.42 Å². The lowest BCUT2D eigenvalue weighted by molar-refractivity contribution is 0.0956. The number of benzene rings is 1. The van der Waals surface area contributed by atoms with Gasteiger partial charge in [0.15, 0.2) is 0 Å². The first-order chi connectivity index (χ1) is 9.15. The van der Waals surface area contributed by atoms with Gasteiger partial charge >= 0.3 is 0 Å². The minimum atomic E-state index is -0.0342. The number of amides is 1. The molecule has 1 aromatic rings. The molecule has 19 heavy (non-hydrogen) atoms. The maximum Gasteiger partial charge on any atom is 0.251 e. The summed E-state index contributed by atoms with van der Waals surface area (Å²) < 4.78 is 0.